The van der Waals surface area contributed by atoms with Gasteiger partial charge in [0, 0.05) is 40.0 Å². The number of thioether (sulfide) groups is 3. The van der Waals surface area contributed by atoms with E-state index in [1.54, 1.807) is 17.8 Å². The summed E-state index contributed by atoms with van der Waals surface area (Å²) in [6.45, 7) is 1.04. The molecule has 104 valence electrons. The monoisotopic (exact) mass is 315 g/mol. The van der Waals surface area contributed by atoms with Gasteiger partial charge in [-0.15, -0.1) is 11.8 Å². The quantitative estimate of drug-likeness (QED) is 0.910. The van der Waals surface area contributed by atoms with Gasteiger partial charge in [-0.25, -0.2) is 4.39 Å². The number of hydrogen-bond acceptors (Lipinski definition) is 4. The Labute approximate surface area is 126 Å². The van der Waals surface area contributed by atoms with Crippen molar-refractivity contribution in [2.45, 2.75) is 22.6 Å². The first-order chi connectivity index (χ1) is 9.34. The van der Waals surface area contributed by atoms with Gasteiger partial charge in [0.15, 0.2) is 0 Å². The van der Waals surface area contributed by atoms with Crippen LogP contribution in [0.25, 0.3) is 0 Å². The third kappa shape index (κ3) is 3.43. The molecule has 0 aromatic heterocycles. The van der Waals surface area contributed by atoms with E-state index in [2.05, 4.69) is 34.9 Å². The van der Waals surface area contributed by atoms with Crippen LogP contribution >= 0.6 is 35.3 Å². The van der Waals surface area contributed by atoms with Crippen molar-refractivity contribution in [1.82, 2.24) is 5.32 Å². The fourth-order valence-corrected chi connectivity index (χ4v) is 6.29. The Morgan fingerprint density at radius 2 is 2.21 bits per heavy atom. The second-order valence-corrected chi connectivity index (χ2v) is 8.49. The van der Waals surface area contributed by atoms with Crippen LogP contribution in [-0.2, 0) is 0 Å². The molecule has 1 N–H and O–H groups in total. The summed E-state index contributed by atoms with van der Waals surface area (Å²) in [5.74, 6) is 4.75. The lowest BCUT2D eigenvalue weighted by Crippen LogP contribution is -2.33. The molecule has 3 rings (SSSR count). The highest BCUT2D eigenvalue weighted by molar-refractivity contribution is 8.06. The molecule has 0 saturated carbocycles. The van der Waals surface area contributed by atoms with E-state index in [4.69, 9.17) is 0 Å². The molecule has 1 saturated heterocycles. The highest BCUT2D eigenvalue weighted by atomic mass is 32.2. The van der Waals surface area contributed by atoms with E-state index in [1.807, 2.05) is 6.07 Å². The molecule has 0 spiro atoms. The summed E-state index contributed by atoms with van der Waals surface area (Å²) in [6, 6.07) is 5.81. The number of rotatable bonds is 3. The van der Waals surface area contributed by atoms with Crippen molar-refractivity contribution >= 4 is 35.3 Å². The van der Waals surface area contributed by atoms with Crippen molar-refractivity contribution in [3.8, 4) is 0 Å². The Hall–Kier alpha value is 0.160. The summed E-state index contributed by atoms with van der Waals surface area (Å²) in [6.07, 6.45) is 1.10. The lowest BCUT2D eigenvalue weighted by atomic mass is 10.0. The van der Waals surface area contributed by atoms with E-state index in [0.717, 1.165) is 29.2 Å². The minimum atomic E-state index is -0.0587. The van der Waals surface area contributed by atoms with E-state index in [-0.39, 0.29) is 5.82 Å². The first-order valence-corrected chi connectivity index (χ1v) is 9.87. The van der Waals surface area contributed by atoms with Gasteiger partial charge < -0.3 is 5.32 Å². The average molecular weight is 316 g/mol. The summed E-state index contributed by atoms with van der Waals surface area (Å²) in [5.41, 5.74) is 1.16. The summed E-state index contributed by atoms with van der Waals surface area (Å²) in [5, 5.41) is 4.37. The van der Waals surface area contributed by atoms with Gasteiger partial charge in [-0.05, 0) is 23.8 Å². The largest absolute Gasteiger partial charge is 0.309 e. The van der Waals surface area contributed by atoms with Gasteiger partial charge in [0.05, 0.1) is 0 Å². The van der Waals surface area contributed by atoms with Crippen LogP contribution in [0.4, 0.5) is 4.39 Å². The van der Waals surface area contributed by atoms with Crippen molar-refractivity contribution in [2.75, 3.05) is 29.6 Å². The van der Waals surface area contributed by atoms with Crippen LogP contribution in [0.15, 0.2) is 23.1 Å². The van der Waals surface area contributed by atoms with Crippen LogP contribution in [-0.4, -0.2) is 34.8 Å². The molecule has 1 nitrogen and oxygen atoms in total. The Bertz CT molecular complexity index is 435. The molecule has 2 heterocycles. The predicted octanol–water partition coefficient (Wildman–Crippen LogP) is 3.80. The number of nitrogens with one attached hydrogen (secondary N) is 1. The topological polar surface area (TPSA) is 12.0 Å². The standard InChI is InChI=1S/C14H18FNS3/c15-12-3-1-2-11-13(4-5-19-14(11)12)16-8-10-9-17-6-7-18-10/h1-3,10,13,16H,4-9H2. The Morgan fingerprint density at radius 1 is 1.26 bits per heavy atom. The van der Waals surface area contributed by atoms with Crippen LogP contribution in [0, 0.1) is 5.82 Å². The van der Waals surface area contributed by atoms with Gasteiger partial charge in [-0.3, -0.25) is 0 Å². The summed E-state index contributed by atoms with van der Waals surface area (Å²) < 4.78 is 13.8. The molecule has 1 fully saturated rings. The molecule has 19 heavy (non-hydrogen) atoms. The zero-order chi connectivity index (χ0) is 13.1. The summed E-state index contributed by atoms with van der Waals surface area (Å²) in [7, 11) is 0. The first kappa shape index (κ1) is 14.1. The number of benzene rings is 1. The maximum absolute atomic E-state index is 13.8. The maximum Gasteiger partial charge on any atom is 0.137 e. The molecule has 2 aliphatic rings. The highest BCUT2D eigenvalue weighted by Crippen LogP contribution is 2.37. The fourth-order valence-electron chi connectivity index (χ4n) is 2.53. The second kappa shape index (κ2) is 6.74. The van der Waals surface area contributed by atoms with Crippen molar-refractivity contribution in [1.29, 1.82) is 0 Å². The lowest BCUT2D eigenvalue weighted by Gasteiger charge is -2.29. The lowest BCUT2D eigenvalue weighted by molar-refractivity contribution is 0.500. The number of hydrogen-bond donors (Lipinski definition) is 1. The van der Waals surface area contributed by atoms with Crippen LogP contribution < -0.4 is 5.32 Å². The molecule has 0 bridgehead atoms. The zero-order valence-electron chi connectivity index (χ0n) is 10.7. The molecule has 0 amide bonds. The molecule has 5 heteroatoms. The van der Waals surface area contributed by atoms with Gasteiger partial charge >= 0.3 is 0 Å². The molecule has 1 aromatic carbocycles. The molecular formula is C14H18FNS3. The van der Waals surface area contributed by atoms with Crippen molar-refractivity contribution in [3.63, 3.8) is 0 Å². The van der Waals surface area contributed by atoms with Gasteiger partial charge in [0.1, 0.15) is 5.82 Å². The molecule has 2 aliphatic heterocycles. The molecule has 0 radical (unpaired) electrons. The van der Waals surface area contributed by atoms with Gasteiger partial charge in [0.25, 0.3) is 0 Å². The molecule has 2 atom stereocenters. The number of fused-ring (bicyclic) bond motifs is 1. The second-order valence-electron chi connectivity index (χ2n) is 4.82. The normalized spacial score (nSPS) is 27.0. The van der Waals surface area contributed by atoms with Crippen molar-refractivity contribution in [3.05, 3.63) is 29.6 Å². The average Bonchev–Trinajstić information content (AvgIpc) is 2.47. The molecular weight excluding hydrogens is 297 g/mol. The van der Waals surface area contributed by atoms with E-state index < -0.39 is 0 Å². The van der Waals surface area contributed by atoms with E-state index in [1.165, 1.54) is 17.3 Å². The van der Waals surface area contributed by atoms with E-state index in [0.29, 0.717) is 11.3 Å². The summed E-state index contributed by atoms with van der Waals surface area (Å²) >= 11 is 5.78. The third-order valence-electron chi connectivity index (χ3n) is 3.50. The van der Waals surface area contributed by atoms with Crippen LogP contribution in [0.2, 0.25) is 0 Å². The first-order valence-electron chi connectivity index (χ1n) is 6.68. The van der Waals surface area contributed by atoms with Gasteiger partial charge in [0.2, 0.25) is 0 Å². The molecule has 2 unspecified atom stereocenters. The van der Waals surface area contributed by atoms with Gasteiger partial charge in [-0.1, -0.05) is 12.1 Å². The fraction of sp³-hybridized carbons (Fsp3) is 0.571. The maximum atomic E-state index is 13.8. The van der Waals surface area contributed by atoms with Crippen molar-refractivity contribution < 1.29 is 4.39 Å². The number of halogens is 1. The van der Waals surface area contributed by atoms with Crippen molar-refractivity contribution in [2.24, 2.45) is 0 Å². The molecule has 0 aliphatic carbocycles. The highest BCUT2D eigenvalue weighted by Gasteiger charge is 2.24. The van der Waals surface area contributed by atoms with Crippen LogP contribution in [0.1, 0.15) is 18.0 Å². The van der Waals surface area contributed by atoms with E-state index >= 15 is 0 Å². The Balaban J connectivity index is 1.64. The minimum absolute atomic E-state index is 0.0587. The van der Waals surface area contributed by atoms with E-state index in [9.17, 15) is 4.39 Å². The smallest absolute Gasteiger partial charge is 0.137 e. The predicted molar refractivity (Wildman–Crippen MR) is 86.1 cm³/mol. The summed E-state index contributed by atoms with van der Waals surface area (Å²) in [4.78, 5) is 0.858. The minimum Gasteiger partial charge on any atom is -0.309 e. The van der Waals surface area contributed by atoms with Crippen LogP contribution in [0.5, 0.6) is 0 Å². The van der Waals surface area contributed by atoms with Crippen LogP contribution in [0.3, 0.4) is 0 Å². The Kier molecular flexibility index (Phi) is 5.01. The zero-order valence-corrected chi connectivity index (χ0v) is 13.2. The Morgan fingerprint density at radius 3 is 3.05 bits per heavy atom. The van der Waals surface area contributed by atoms with Gasteiger partial charge in [-0.2, -0.15) is 23.5 Å². The molecule has 1 aromatic rings. The SMILES string of the molecule is Fc1cccc2c1SCCC2NCC1CSCCS1. The third-order valence-corrected chi connectivity index (χ3v) is 7.51.